The Kier molecular flexibility index (Phi) is 2.67. The molecule has 0 fully saturated rings. The Morgan fingerprint density at radius 3 is 2.39 bits per heavy atom. The van der Waals surface area contributed by atoms with Crippen molar-refractivity contribution in [3.63, 3.8) is 0 Å². The fourth-order valence-electron chi connectivity index (χ4n) is 2.24. The Morgan fingerprint density at radius 2 is 1.78 bits per heavy atom. The molecule has 0 bridgehead atoms. The number of benzene rings is 1. The summed E-state index contributed by atoms with van der Waals surface area (Å²) in [6.07, 6.45) is 0. The van der Waals surface area contributed by atoms with Crippen LogP contribution in [-0.2, 0) is 0 Å². The zero-order valence-corrected chi connectivity index (χ0v) is 10.7. The number of carbonyl (C=O) groups excluding carboxylic acids is 2. The predicted octanol–water partition coefficient (Wildman–Crippen LogP) is 2.53. The molecule has 18 heavy (non-hydrogen) atoms. The lowest BCUT2D eigenvalue weighted by Gasteiger charge is -2.18. The lowest BCUT2D eigenvalue weighted by atomic mass is 9.85. The van der Waals surface area contributed by atoms with E-state index in [1.54, 1.807) is 43.0 Å². The first kappa shape index (κ1) is 11.4. The molecule has 0 saturated heterocycles. The van der Waals surface area contributed by atoms with Gasteiger partial charge in [-0.3, -0.25) is 14.6 Å². The number of nitrogens with zero attached hydrogens (tertiary/aromatic N) is 1. The first-order chi connectivity index (χ1) is 8.70. The number of hydrogen-bond donors (Lipinski definition) is 0. The number of allylic oxidation sites excluding steroid dienone is 1. The summed E-state index contributed by atoms with van der Waals surface area (Å²) in [5.41, 5.74) is 2.03. The molecule has 1 heterocycles. The molecule has 3 rings (SSSR count). The Hall–Kier alpha value is -1.68. The van der Waals surface area contributed by atoms with Crippen molar-refractivity contribution in [1.29, 1.82) is 0 Å². The number of ketones is 2. The van der Waals surface area contributed by atoms with Gasteiger partial charge in [-0.25, -0.2) is 0 Å². The van der Waals surface area contributed by atoms with Gasteiger partial charge in [0, 0.05) is 29.0 Å². The van der Waals surface area contributed by atoms with E-state index < -0.39 is 0 Å². The van der Waals surface area contributed by atoms with Gasteiger partial charge < -0.3 is 0 Å². The van der Waals surface area contributed by atoms with Crippen molar-refractivity contribution in [2.24, 2.45) is 4.99 Å². The van der Waals surface area contributed by atoms with E-state index in [9.17, 15) is 9.59 Å². The maximum Gasteiger partial charge on any atom is 0.196 e. The number of aliphatic imine (C=N–C) groups is 1. The van der Waals surface area contributed by atoms with E-state index in [-0.39, 0.29) is 11.6 Å². The molecule has 0 atom stereocenters. The molecule has 0 saturated carbocycles. The van der Waals surface area contributed by atoms with E-state index >= 15 is 0 Å². The van der Waals surface area contributed by atoms with Crippen LogP contribution in [0.25, 0.3) is 0 Å². The van der Waals surface area contributed by atoms with E-state index in [1.165, 1.54) is 0 Å². The molecule has 0 amide bonds. The van der Waals surface area contributed by atoms with Crippen LogP contribution in [0.2, 0.25) is 0 Å². The summed E-state index contributed by atoms with van der Waals surface area (Å²) in [7, 11) is 0. The van der Waals surface area contributed by atoms with Gasteiger partial charge in [0.25, 0.3) is 0 Å². The molecule has 0 spiro atoms. The quantitative estimate of drug-likeness (QED) is 0.776. The highest BCUT2D eigenvalue weighted by atomic mass is 32.2. The normalized spacial score (nSPS) is 19.1. The van der Waals surface area contributed by atoms with Crippen LogP contribution in [0.3, 0.4) is 0 Å². The van der Waals surface area contributed by atoms with E-state index in [2.05, 4.69) is 4.99 Å². The van der Waals surface area contributed by atoms with Crippen LogP contribution in [0, 0.1) is 0 Å². The van der Waals surface area contributed by atoms with Crippen molar-refractivity contribution in [3.8, 4) is 0 Å². The Labute approximate surface area is 109 Å². The molecule has 4 heteroatoms. The van der Waals surface area contributed by atoms with Crippen molar-refractivity contribution in [3.05, 3.63) is 46.5 Å². The molecule has 0 unspecified atom stereocenters. The molecule has 1 aromatic rings. The smallest absolute Gasteiger partial charge is 0.196 e. The zero-order chi connectivity index (χ0) is 12.7. The van der Waals surface area contributed by atoms with E-state index in [1.807, 2.05) is 0 Å². The number of fused-ring (bicyclic) bond motifs is 1. The molecule has 1 aliphatic heterocycles. The SMILES string of the molecule is CC1=C(C2=NCCS2)C(=O)c2ccccc2C1=O. The summed E-state index contributed by atoms with van der Waals surface area (Å²) < 4.78 is 0. The van der Waals surface area contributed by atoms with Gasteiger partial charge in [0.15, 0.2) is 11.6 Å². The van der Waals surface area contributed by atoms with E-state index in [4.69, 9.17) is 0 Å². The third kappa shape index (κ3) is 1.56. The third-order valence-electron chi connectivity index (χ3n) is 3.16. The Morgan fingerprint density at radius 1 is 1.11 bits per heavy atom. The summed E-state index contributed by atoms with van der Waals surface area (Å²) >= 11 is 1.55. The highest BCUT2D eigenvalue weighted by molar-refractivity contribution is 8.14. The first-order valence-electron chi connectivity index (χ1n) is 5.77. The van der Waals surface area contributed by atoms with Gasteiger partial charge in [-0.1, -0.05) is 24.3 Å². The molecule has 1 aromatic carbocycles. The lowest BCUT2D eigenvalue weighted by Crippen LogP contribution is -2.24. The van der Waals surface area contributed by atoms with Crippen LogP contribution in [0.1, 0.15) is 27.6 Å². The maximum atomic E-state index is 12.5. The van der Waals surface area contributed by atoms with Gasteiger partial charge in [0.1, 0.15) is 5.04 Å². The van der Waals surface area contributed by atoms with Crippen LogP contribution in [0.4, 0.5) is 0 Å². The number of rotatable bonds is 1. The average molecular weight is 257 g/mol. The Balaban J connectivity index is 2.19. The van der Waals surface area contributed by atoms with Crippen molar-refractivity contribution >= 4 is 28.4 Å². The summed E-state index contributed by atoms with van der Waals surface area (Å²) in [4.78, 5) is 29.0. The van der Waals surface area contributed by atoms with Gasteiger partial charge in [-0.2, -0.15) is 0 Å². The first-order valence-corrected chi connectivity index (χ1v) is 6.75. The second-order valence-electron chi connectivity index (χ2n) is 4.24. The number of thioether (sulfide) groups is 1. The van der Waals surface area contributed by atoms with Crippen LogP contribution in [0.5, 0.6) is 0 Å². The topological polar surface area (TPSA) is 46.5 Å². The van der Waals surface area contributed by atoms with Crippen LogP contribution >= 0.6 is 11.8 Å². The summed E-state index contributed by atoms with van der Waals surface area (Å²) in [5, 5.41) is 0.723. The highest BCUT2D eigenvalue weighted by Gasteiger charge is 2.32. The van der Waals surface area contributed by atoms with E-state index in [0.717, 1.165) is 17.3 Å². The third-order valence-corrected chi connectivity index (χ3v) is 4.15. The molecule has 0 aromatic heterocycles. The van der Waals surface area contributed by atoms with Gasteiger partial charge >= 0.3 is 0 Å². The monoisotopic (exact) mass is 257 g/mol. The maximum absolute atomic E-state index is 12.5. The summed E-state index contributed by atoms with van der Waals surface area (Å²) in [6.45, 7) is 2.44. The molecular weight excluding hydrogens is 246 g/mol. The van der Waals surface area contributed by atoms with Crippen molar-refractivity contribution < 1.29 is 9.59 Å². The fraction of sp³-hybridized carbons (Fsp3) is 0.214. The standard InChI is InChI=1S/C14H11NO2S/c1-8-11(14-15-6-7-18-14)13(17)10-5-3-2-4-9(10)12(8)16/h2-5H,6-7H2,1H3. The van der Waals surface area contributed by atoms with Gasteiger partial charge in [-0.15, -0.1) is 11.8 Å². The molecule has 0 radical (unpaired) electrons. The van der Waals surface area contributed by atoms with Gasteiger partial charge in [0.05, 0.1) is 5.57 Å². The largest absolute Gasteiger partial charge is 0.289 e. The molecule has 2 aliphatic rings. The minimum atomic E-state index is -0.0733. The second kappa shape index (κ2) is 4.21. The zero-order valence-electron chi connectivity index (χ0n) is 9.90. The minimum Gasteiger partial charge on any atom is -0.289 e. The number of Topliss-reactive ketones (excluding diaryl/α,β-unsaturated/α-hetero) is 2. The number of carbonyl (C=O) groups is 2. The van der Waals surface area contributed by atoms with Crippen molar-refractivity contribution in [2.75, 3.05) is 12.3 Å². The summed E-state index contributed by atoms with van der Waals surface area (Å²) in [6, 6.07) is 6.98. The molecule has 1 aliphatic carbocycles. The molecule has 0 N–H and O–H groups in total. The van der Waals surface area contributed by atoms with E-state index in [0.29, 0.717) is 22.3 Å². The minimum absolute atomic E-state index is 0.0598. The molecule has 3 nitrogen and oxygen atoms in total. The fourth-order valence-corrected chi connectivity index (χ4v) is 3.19. The predicted molar refractivity (Wildman–Crippen MR) is 72.6 cm³/mol. The van der Waals surface area contributed by atoms with Crippen molar-refractivity contribution in [2.45, 2.75) is 6.92 Å². The second-order valence-corrected chi connectivity index (χ2v) is 5.32. The Bertz CT molecular complexity index is 628. The highest BCUT2D eigenvalue weighted by Crippen LogP contribution is 2.31. The van der Waals surface area contributed by atoms with Crippen molar-refractivity contribution in [1.82, 2.24) is 0 Å². The van der Waals surface area contributed by atoms with Gasteiger partial charge in [-0.05, 0) is 6.92 Å². The van der Waals surface area contributed by atoms with Crippen LogP contribution in [0.15, 0.2) is 40.4 Å². The number of hydrogen-bond acceptors (Lipinski definition) is 4. The lowest BCUT2D eigenvalue weighted by molar-refractivity contribution is 0.0980. The molecule has 90 valence electrons. The van der Waals surface area contributed by atoms with Gasteiger partial charge in [0.2, 0.25) is 0 Å². The summed E-state index contributed by atoms with van der Waals surface area (Å²) in [5.74, 6) is 0.751. The van der Waals surface area contributed by atoms with Crippen LogP contribution < -0.4 is 0 Å². The average Bonchev–Trinajstić information content (AvgIpc) is 2.90. The van der Waals surface area contributed by atoms with Crippen LogP contribution in [-0.4, -0.2) is 28.9 Å². The molecular formula is C14H11NO2S.